The zero-order valence-electron chi connectivity index (χ0n) is 20.5. The summed E-state index contributed by atoms with van der Waals surface area (Å²) in [5, 5.41) is 11.9. The molecule has 1 aliphatic heterocycles. The molecular weight excluding hydrogens is 458 g/mol. The maximum Gasteiger partial charge on any atom is 0.293 e. The highest BCUT2D eigenvalue weighted by Gasteiger charge is 2.27. The standard InChI is InChI=1S/C27H31N5O2S/c1-27(2,3)32-25-21(17-28-32)24(22-10-7-15-35-22)29-31(26(25)34)18-23(33)30-13-11-20(12-14-30)16-19-8-5-4-6-9-19/h4-10,15,17,20H,11-14,16,18H2,1-3H3. The molecule has 35 heavy (non-hydrogen) atoms. The summed E-state index contributed by atoms with van der Waals surface area (Å²) < 4.78 is 3.08. The molecule has 1 saturated heterocycles. The molecular formula is C27H31N5O2S. The van der Waals surface area contributed by atoms with Gasteiger partial charge in [0.1, 0.15) is 17.8 Å². The van der Waals surface area contributed by atoms with Gasteiger partial charge in [-0.15, -0.1) is 11.3 Å². The van der Waals surface area contributed by atoms with Gasteiger partial charge < -0.3 is 4.90 Å². The number of aromatic nitrogens is 4. The molecule has 0 aliphatic carbocycles. The lowest BCUT2D eigenvalue weighted by Gasteiger charge is -2.32. The monoisotopic (exact) mass is 489 g/mol. The highest BCUT2D eigenvalue weighted by atomic mass is 32.1. The number of carbonyl (C=O) groups is 1. The van der Waals surface area contributed by atoms with E-state index in [1.54, 1.807) is 22.2 Å². The summed E-state index contributed by atoms with van der Waals surface area (Å²) in [5.41, 5.74) is 1.87. The number of carbonyl (C=O) groups excluding carboxylic acids is 1. The third-order valence-corrected chi connectivity index (χ3v) is 7.57. The topological polar surface area (TPSA) is 73.0 Å². The number of fused-ring (bicyclic) bond motifs is 1. The Balaban J connectivity index is 1.39. The van der Waals surface area contributed by atoms with Crippen molar-refractivity contribution in [2.24, 2.45) is 5.92 Å². The first-order chi connectivity index (χ1) is 16.8. The van der Waals surface area contributed by atoms with Gasteiger partial charge in [0.15, 0.2) is 0 Å². The highest BCUT2D eigenvalue weighted by Crippen LogP contribution is 2.30. The maximum atomic E-state index is 13.5. The predicted octanol–water partition coefficient (Wildman–Crippen LogP) is 4.56. The molecule has 0 saturated carbocycles. The fourth-order valence-electron chi connectivity index (χ4n) is 4.84. The number of hydrogen-bond donors (Lipinski definition) is 0. The van der Waals surface area contributed by atoms with Crippen LogP contribution in [-0.4, -0.2) is 43.5 Å². The van der Waals surface area contributed by atoms with Crippen LogP contribution in [0.3, 0.4) is 0 Å². The van der Waals surface area contributed by atoms with E-state index in [2.05, 4.69) is 34.5 Å². The normalized spacial score (nSPS) is 15.1. The maximum absolute atomic E-state index is 13.5. The number of amides is 1. The summed E-state index contributed by atoms with van der Waals surface area (Å²) in [6.45, 7) is 7.40. The summed E-state index contributed by atoms with van der Waals surface area (Å²) in [6, 6.07) is 14.5. The van der Waals surface area contributed by atoms with Crippen molar-refractivity contribution in [1.29, 1.82) is 0 Å². The molecule has 1 aromatic carbocycles. The SMILES string of the molecule is CC(C)(C)n1ncc2c(-c3cccs3)nn(CC(=O)N3CCC(Cc4ccccc4)CC3)c(=O)c21. The summed E-state index contributed by atoms with van der Waals surface area (Å²) >= 11 is 1.56. The van der Waals surface area contributed by atoms with Crippen molar-refractivity contribution < 1.29 is 4.79 Å². The van der Waals surface area contributed by atoms with Crippen LogP contribution in [0.5, 0.6) is 0 Å². The van der Waals surface area contributed by atoms with Gasteiger partial charge in [0.25, 0.3) is 5.56 Å². The molecule has 0 N–H and O–H groups in total. The third-order valence-electron chi connectivity index (χ3n) is 6.69. The van der Waals surface area contributed by atoms with Crippen molar-refractivity contribution in [1.82, 2.24) is 24.5 Å². The van der Waals surface area contributed by atoms with Crippen molar-refractivity contribution in [3.63, 3.8) is 0 Å². The van der Waals surface area contributed by atoms with E-state index in [9.17, 15) is 9.59 Å². The molecule has 4 aromatic rings. The average molecular weight is 490 g/mol. The first-order valence-electron chi connectivity index (χ1n) is 12.2. The minimum Gasteiger partial charge on any atom is -0.341 e. The second-order valence-electron chi connectivity index (χ2n) is 10.3. The van der Waals surface area contributed by atoms with Crippen LogP contribution in [-0.2, 0) is 23.3 Å². The number of thiophene rings is 1. The zero-order chi connectivity index (χ0) is 24.6. The molecule has 3 aromatic heterocycles. The quantitative estimate of drug-likeness (QED) is 0.412. The van der Waals surface area contributed by atoms with E-state index in [1.165, 1.54) is 10.2 Å². The molecule has 4 heterocycles. The van der Waals surface area contributed by atoms with Crippen molar-refractivity contribution in [3.05, 3.63) is 70.0 Å². The Hall–Kier alpha value is -3.26. The van der Waals surface area contributed by atoms with E-state index in [4.69, 9.17) is 0 Å². The van der Waals surface area contributed by atoms with Gasteiger partial charge in [-0.25, -0.2) is 4.68 Å². The van der Waals surface area contributed by atoms with Gasteiger partial charge in [0.05, 0.1) is 22.0 Å². The van der Waals surface area contributed by atoms with Gasteiger partial charge in [-0.05, 0) is 63.0 Å². The smallest absolute Gasteiger partial charge is 0.293 e. The summed E-state index contributed by atoms with van der Waals surface area (Å²) in [6.07, 6.45) is 4.70. The number of likely N-dealkylation sites (tertiary alicyclic amines) is 1. The minimum atomic E-state index is -0.378. The summed E-state index contributed by atoms with van der Waals surface area (Å²) in [7, 11) is 0. The van der Waals surface area contributed by atoms with Crippen LogP contribution in [0.25, 0.3) is 21.5 Å². The number of hydrogen-bond acceptors (Lipinski definition) is 5. The number of nitrogens with zero attached hydrogens (tertiary/aromatic N) is 5. The van der Waals surface area contributed by atoms with Crippen LogP contribution < -0.4 is 5.56 Å². The van der Waals surface area contributed by atoms with Gasteiger partial charge in [-0.2, -0.15) is 10.2 Å². The van der Waals surface area contributed by atoms with Crippen LogP contribution in [0.1, 0.15) is 39.2 Å². The Morgan fingerprint density at radius 1 is 1.09 bits per heavy atom. The predicted molar refractivity (Wildman–Crippen MR) is 140 cm³/mol. The molecule has 182 valence electrons. The van der Waals surface area contributed by atoms with Crippen LogP contribution in [0.2, 0.25) is 0 Å². The fraction of sp³-hybridized carbons (Fsp3) is 0.407. The Labute approximate surface area is 209 Å². The largest absolute Gasteiger partial charge is 0.341 e. The number of rotatable bonds is 5. The van der Waals surface area contributed by atoms with Gasteiger partial charge >= 0.3 is 0 Å². The highest BCUT2D eigenvalue weighted by molar-refractivity contribution is 7.13. The average Bonchev–Trinajstić information content (AvgIpc) is 3.53. The first kappa shape index (κ1) is 23.5. The van der Waals surface area contributed by atoms with Crippen molar-refractivity contribution in [3.8, 4) is 10.6 Å². The second kappa shape index (κ2) is 9.41. The molecule has 0 atom stereocenters. The Kier molecular flexibility index (Phi) is 6.32. The van der Waals surface area contributed by atoms with Gasteiger partial charge in [-0.3, -0.25) is 14.3 Å². The molecule has 1 aliphatic rings. The van der Waals surface area contributed by atoms with E-state index < -0.39 is 0 Å². The zero-order valence-corrected chi connectivity index (χ0v) is 21.3. The van der Waals surface area contributed by atoms with Crippen molar-refractivity contribution in [2.45, 2.75) is 52.1 Å². The molecule has 0 unspecified atom stereocenters. The van der Waals surface area contributed by atoms with E-state index in [0.29, 0.717) is 30.2 Å². The van der Waals surface area contributed by atoms with E-state index in [1.807, 2.05) is 49.3 Å². The number of piperidine rings is 1. The van der Waals surface area contributed by atoms with Crippen molar-refractivity contribution in [2.75, 3.05) is 13.1 Å². The van der Waals surface area contributed by atoms with E-state index in [0.717, 1.165) is 29.5 Å². The van der Waals surface area contributed by atoms with Crippen LogP contribution in [0.4, 0.5) is 0 Å². The Morgan fingerprint density at radius 3 is 2.49 bits per heavy atom. The van der Waals surface area contributed by atoms with E-state index in [-0.39, 0.29) is 23.6 Å². The molecule has 1 fully saturated rings. The second-order valence-corrected chi connectivity index (χ2v) is 11.2. The fourth-order valence-corrected chi connectivity index (χ4v) is 5.57. The minimum absolute atomic E-state index is 0.0592. The van der Waals surface area contributed by atoms with E-state index >= 15 is 0 Å². The molecule has 8 heteroatoms. The van der Waals surface area contributed by atoms with Crippen molar-refractivity contribution >= 4 is 28.1 Å². The molecule has 0 spiro atoms. The summed E-state index contributed by atoms with van der Waals surface area (Å²) in [5.74, 6) is 0.515. The first-order valence-corrected chi connectivity index (χ1v) is 13.0. The van der Waals surface area contributed by atoms with Crippen LogP contribution in [0.15, 0.2) is 58.8 Å². The van der Waals surface area contributed by atoms with Crippen LogP contribution >= 0.6 is 11.3 Å². The lowest BCUT2D eigenvalue weighted by molar-refractivity contribution is -0.133. The Bertz CT molecular complexity index is 1370. The molecule has 7 nitrogen and oxygen atoms in total. The van der Waals surface area contributed by atoms with Gasteiger partial charge in [0.2, 0.25) is 5.91 Å². The number of benzene rings is 1. The van der Waals surface area contributed by atoms with Crippen LogP contribution in [0, 0.1) is 5.92 Å². The molecule has 1 amide bonds. The van der Waals surface area contributed by atoms with Gasteiger partial charge in [0, 0.05) is 13.1 Å². The molecule has 0 radical (unpaired) electrons. The summed E-state index contributed by atoms with van der Waals surface area (Å²) in [4.78, 5) is 29.6. The Morgan fingerprint density at radius 2 is 1.83 bits per heavy atom. The third kappa shape index (κ3) is 4.80. The molecule has 5 rings (SSSR count). The van der Waals surface area contributed by atoms with Gasteiger partial charge in [-0.1, -0.05) is 36.4 Å². The lowest BCUT2D eigenvalue weighted by atomic mass is 9.90. The molecule has 0 bridgehead atoms. The lowest BCUT2D eigenvalue weighted by Crippen LogP contribution is -2.42.